The summed E-state index contributed by atoms with van der Waals surface area (Å²) < 4.78 is 15.3. The lowest BCUT2D eigenvalue weighted by molar-refractivity contribution is -0.137. The molecule has 0 aliphatic heterocycles. The molecule has 0 aliphatic rings. The molecule has 0 fully saturated rings. The van der Waals surface area contributed by atoms with Gasteiger partial charge in [0.25, 0.3) is 0 Å². The van der Waals surface area contributed by atoms with Crippen molar-refractivity contribution >= 4 is 18.0 Å². The fourth-order valence-electron chi connectivity index (χ4n) is 1.68. The summed E-state index contributed by atoms with van der Waals surface area (Å²) in [6.45, 7) is 7.43. The Morgan fingerprint density at radius 2 is 1.91 bits per heavy atom. The number of hydrogen-bond acceptors (Lipinski definition) is 5. The third kappa shape index (κ3) is 5.60. The smallest absolute Gasteiger partial charge is 0.342 e. The van der Waals surface area contributed by atoms with Crippen molar-refractivity contribution in [2.75, 3.05) is 13.7 Å². The Morgan fingerprint density at radius 1 is 1.23 bits per heavy atom. The highest BCUT2D eigenvalue weighted by Crippen LogP contribution is 2.23. The van der Waals surface area contributed by atoms with Gasteiger partial charge in [-0.15, -0.1) is 0 Å². The van der Waals surface area contributed by atoms with Crippen LogP contribution in [0.1, 0.15) is 43.6 Å². The van der Waals surface area contributed by atoms with Gasteiger partial charge in [0.15, 0.2) is 0 Å². The molecule has 1 aromatic rings. The van der Waals surface area contributed by atoms with Crippen LogP contribution >= 0.6 is 0 Å². The van der Waals surface area contributed by atoms with Gasteiger partial charge < -0.3 is 14.2 Å². The van der Waals surface area contributed by atoms with Gasteiger partial charge in [0.2, 0.25) is 0 Å². The number of carbonyl (C=O) groups excluding carboxylic acids is 2. The summed E-state index contributed by atoms with van der Waals surface area (Å²) in [4.78, 5) is 23.5. The summed E-state index contributed by atoms with van der Waals surface area (Å²) in [7, 11) is 1.48. The van der Waals surface area contributed by atoms with E-state index >= 15 is 0 Å². The Labute approximate surface area is 130 Å². The van der Waals surface area contributed by atoms with Crippen LogP contribution in [0.15, 0.2) is 24.3 Å². The van der Waals surface area contributed by atoms with Crippen LogP contribution in [0, 0.1) is 0 Å². The zero-order valence-electron chi connectivity index (χ0n) is 13.6. The maximum atomic E-state index is 12.2. The molecule has 22 heavy (non-hydrogen) atoms. The molecule has 0 aromatic heterocycles. The summed E-state index contributed by atoms with van der Waals surface area (Å²) in [5.41, 5.74) is 0.386. The van der Waals surface area contributed by atoms with Crippen LogP contribution in [0.2, 0.25) is 0 Å². The van der Waals surface area contributed by atoms with Crippen molar-refractivity contribution in [1.82, 2.24) is 0 Å². The third-order valence-corrected chi connectivity index (χ3v) is 2.54. The Hall–Kier alpha value is -2.30. The fourth-order valence-corrected chi connectivity index (χ4v) is 1.68. The molecule has 120 valence electrons. The Bertz CT molecular complexity index is 567. The molecular formula is C17H22O5. The topological polar surface area (TPSA) is 61.8 Å². The number of rotatable bonds is 5. The number of benzene rings is 1. The monoisotopic (exact) mass is 306 g/mol. The summed E-state index contributed by atoms with van der Waals surface area (Å²) >= 11 is 0. The second kappa shape index (κ2) is 7.64. The number of esters is 2. The minimum atomic E-state index is -0.598. The largest absolute Gasteiger partial charge is 0.496 e. The predicted molar refractivity (Wildman–Crippen MR) is 83.8 cm³/mol. The molecule has 0 bridgehead atoms. The lowest BCUT2D eigenvalue weighted by Crippen LogP contribution is -2.24. The normalized spacial score (nSPS) is 11.3. The first-order chi connectivity index (χ1) is 10.3. The van der Waals surface area contributed by atoms with Crippen molar-refractivity contribution in [2.45, 2.75) is 33.3 Å². The van der Waals surface area contributed by atoms with Crippen molar-refractivity contribution in [2.24, 2.45) is 0 Å². The highest BCUT2D eigenvalue weighted by Gasteiger charge is 2.21. The van der Waals surface area contributed by atoms with Gasteiger partial charge in [0.1, 0.15) is 16.9 Å². The number of methoxy groups -OCH3 is 1. The molecule has 0 aliphatic carbocycles. The van der Waals surface area contributed by atoms with E-state index in [-0.39, 0.29) is 0 Å². The van der Waals surface area contributed by atoms with E-state index in [1.165, 1.54) is 13.2 Å². The number of ether oxygens (including phenoxy) is 3. The van der Waals surface area contributed by atoms with Crippen molar-refractivity contribution in [3.8, 4) is 5.75 Å². The average molecular weight is 306 g/mol. The first-order valence-electron chi connectivity index (χ1n) is 7.03. The molecule has 0 heterocycles. The molecule has 0 amide bonds. The molecule has 0 N–H and O–H groups in total. The molecule has 0 spiro atoms. The zero-order valence-corrected chi connectivity index (χ0v) is 13.6. The maximum absolute atomic E-state index is 12.2. The van der Waals surface area contributed by atoms with E-state index in [9.17, 15) is 9.59 Å². The minimum Gasteiger partial charge on any atom is -0.496 e. The van der Waals surface area contributed by atoms with E-state index in [4.69, 9.17) is 14.2 Å². The van der Waals surface area contributed by atoms with Crippen LogP contribution in [0.25, 0.3) is 6.08 Å². The third-order valence-electron chi connectivity index (χ3n) is 2.54. The van der Waals surface area contributed by atoms with E-state index in [1.54, 1.807) is 52.0 Å². The molecule has 1 aromatic carbocycles. The predicted octanol–water partition coefficient (Wildman–Crippen LogP) is 3.23. The van der Waals surface area contributed by atoms with Gasteiger partial charge in [-0.1, -0.05) is 6.07 Å². The van der Waals surface area contributed by atoms with Gasteiger partial charge in [0.05, 0.1) is 13.7 Å². The molecule has 5 heteroatoms. The van der Waals surface area contributed by atoms with Crippen LogP contribution in [0.4, 0.5) is 0 Å². The second-order valence-corrected chi connectivity index (χ2v) is 5.55. The first kappa shape index (κ1) is 17.8. The first-order valence-corrected chi connectivity index (χ1v) is 7.03. The van der Waals surface area contributed by atoms with Gasteiger partial charge in [-0.2, -0.15) is 0 Å². The summed E-state index contributed by atoms with van der Waals surface area (Å²) in [6, 6.07) is 5.01. The van der Waals surface area contributed by atoms with Crippen molar-refractivity contribution in [3.05, 3.63) is 35.4 Å². The lowest BCUT2D eigenvalue weighted by Gasteiger charge is -2.20. The number of hydrogen-bond donors (Lipinski definition) is 0. The van der Waals surface area contributed by atoms with Gasteiger partial charge >= 0.3 is 11.9 Å². The van der Waals surface area contributed by atoms with Crippen molar-refractivity contribution in [3.63, 3.8) is 0 Å². The van der Waals surface area contributed by atoms with Crippen LogP contribution in [0.5, 0.6) is 5.75 Å². The van der Waals surface area contributed by atoms with Crippen LogP contribution in [0.3, 0.4) is 0 Å². The molecule has 0 saturated carbocycles. The van der Waals surface area contributed by atoms with E-state index in [1.807, 2.05) is 0 Å². The van der Waals surface area contributed by atoms with E-state index < -0.39 is 17.5 Å². The number of carbonyl (C=O) groups is 2. The van der Waals surface area contributed by atoms with Gasteiger partial charge in [-0.25, -0.2) is 9.59 Å². The molecule has 1 rings (SSSR count). The Balaban J connectivity index is 3.03. The standard InChI is InChI=1S/C17H22O5/c1-6-21-15(18)10-8-12-7-9-14(20-5)13(11-12)16(19)22-17(2,3)4/h7-11H,6H2,1-5H3/b10-8+. The fraction of sp³-hybridized carbons (Fsp3) is 0.412. The minimum absolute atomic E-state index is 0.309. The van der Waals surface area contributed by atoms with Gasteiger partial charge in [0, 0.05) is 6.08 Å². The molecule has 0 radical (unpaired) electrons. The summed E-state index contributed by atoms with van der Waals surface area (Å²) in [5.74, 6) is -0.490. The van der Waals surface area contributed by atoms with Crippen molar-refractivity contribution < 1.29 is 23.8 Å². The lowest BCUT2D eigenvalue weighted by atomic mass is 10.1. The van der Waals surface area contributed by atoms with Crippen molar-refractivity contribution in [1.29, 1.82) is 0 Å². The molecular weight excluding hydrogens is 284 g/mol. The molecule has 0 atom stereocenters. The highest BCUT2D eigenvalue weighted by molar-refractivity contribution is 5.94. The van der Waals surface area contributed by atoms with Gasteiger partial charge in [-0.05, 0) is 51.5 Å². The zero-order chi connectivity index (χ0) is 16.8. The summed E-state index contributed by atoms with van der Waals surface area (Å²) in [5, 5.41) is 0. The van der Waals surface area contributed by atoms with Crippen LogP contribution < -0.4 is 4.74 Å². The highest BCUT2D eigenvalue weighted by atomic mass is 16.6. The quantitative estimate of drug-likeness (QED) is 0.617. The average Bonchev–Trinajstić information content (AvgIpc) is 2.43. The second-order valence-electron chi connectivity index (χ2n) is 5.55. The molecule has 0 saturated heterocycles. The maximum Gasteiger partial charge on any atom is 0.342 e. The SMILES string of the molecule is CCOC(=O)/C=C/c1ccc(OC)c(C(=O)OC(C)(C)C)c1. The van der Waals surface area contributed by atoms with E-state index in [0.29, 0.717) is 23.5 Å². The van der Waals surface area contributed by atoms with Crippen LogP contribution in [-0.2, 0) is 14.3 Å². The van der Waals surface area contributed by atoms with Crippen LogP contribution in [-0.4, -0.2) is 31.3 Å². The van der Waals surface area contributed by atoms with E-state index in [0.717, 1.165) is 0 Å². The van der Waals surface area contributed by atoms with Gasteiger partial charge in [-0.3, -0.25) is 0 Å². The van der Waals surface area contributed by atoms with E-state index in [2.05, 4.69) is 0 Å². The Kier molecular flexibility index (Phi) is 6.16. The molecule has 0 unspecified atom stereocenters. The molecule has 5 nitrogen and oxygen atoms in total. The summed E-state index contributed by atoms with van der Waals surface area (Å²) in [6.07, 6.45) is 2.88. The Morgan fingerprint density at radius 3 is 2.45 bits per heavy atom.